The molecule has 0 aliphatic carbocycles. The first-order valence-electron chi connectivity index (χ1n) is 12.8. The SMILES string of the molecule is CCCCCCNc1nc(N[C@@H](CO)[C@@H](O)c2ccccc2)nc(N[C@@H](CO)[C@@H](O)c2ccccc2)n1. The van der Waals surface area contributed by atoms with Crippen LogP contribution in [0, 0.1) is 0 Å². The van der Waals surface area contributed by atoms with Gasteiger partial charge in [0.15, 0.2) is 0 Å². The number of nitrogens with one attached hydrogen (secondary N) is 3. The molecule has 7 N–H and O–H groups in total. The zero-order valence-electron chi connectivity index (χ0n) is 21.2. The summed E-state index contributed by atoms with van der Waals surface area (Å²) in [5, 5.41) is 50.7. The van der Waals surface area contributed by atoms with Gasteiger partial charge in [-0.3, -0.25) is 0 Å². The molecule has 0 radical (unpaired) electrons. The molecular weight excluding hydrogens is 472 g/mol. The summed E-state index contributed by atoms with van der Waals surface area (Å²) in [5.41, 5.74) is 1.28. The lowest BCUT2D eigenvalue weighted by molar-refractivity contribution is 0.118. The van der Waals surface area contributed by atoms with E-state index >= 15 is 0 Å². The molecule has 3 aromatic rings. The number of benzene rings is 2. The molecule has 0 amide bonds. The van der Waals surface area contributed by atoms with Crippen molar-refractivity contribution in [2.75, 3.05) is 35.7 Å². The molecule has 4 atom stereocenters. The van der Waals surface area contributed by atoms with Gasteiger partial charge in [-0.15, -0.1) is 0 Å². The monoisotopic (exact) mass is 510 g/mol. The number of aliphatic hydroxyl groups excluding tert-OH is 4. The molecule has 37 heavy (non-hydrogen) atoms. The molecule has 0 unspecified atom stereocenters. The highest BCUT2D eigenvalue weighted by atomic mass is 16.3. The quantitative estimate of drug-likeness (QED) is 0.143. The highest BCUT2D eigenvalue weighted by Gasteiger charge is 2.24. The first-order valence-corrected chi connectivity index (χ1v) is 12.8. The van der Waals surface area contributed by atoms with Crippen molar-refractivity contribution in [2.45, 2.75) is 56.9 Å². The van der Waals surface area contributed by atoms with E-state index < -0.39 is 24.3 Å². The molecule has 2 aromatic carbocycles. The minimum atomic E-state index is -1.00. The summed E-state index contributed by atoms with van der Waals surface area (Å²) < 4.78 is 0. The van der Waals surface area contributed by atoms with Crippen LogP contribution in [0.2, 0.25) is 0 Å². The average molecular weight is 511 g/mol. The molecule has 10 nitrogen and oxygen atoms in total. The van der Waals surface area contributed by atoms with E-state index in [0.29, 0.717) is 23.6 Å². The summed E-state index contributed by atoms with van der Waals surface area (Å²) in [5.74, 6) is 0.565. The standard InChI is InChI=1S/C27H38N6O4/c1-2-3-4-11-16-28-25-31-26(29-21(17-34)23(36)19-12-7-5-8-13-19)33-27(32-25)30-22(18-35)24(37)20-14-9-6-10-15-20/h5-10,12-15,21-24,34-37H,2-4,11,16-18H2,1H3,(H3,28,29,30,31,32,33)/t21-,22-,23-,24-/m0/s1. The Morgan fingerprint density at radius 1 is 0.649 bits per heavy atom. The first-order chi connectivity index (χ1) is 18.0. The molecule has 0 spiro atoms. The van der Waals surface area contributed by atoms with E-state index in [2.05, 4.69) is 37.8 Å². The maximum atomic E-state index is 10.8. The molecule has 10 heteroatoms. The second kappa shape index (κ2) is 15.1. The van der Waals surface area contributed by atoms with E-state index in [1.807, 2.05) is 36.4 Å². The van der Waals surface area contributed by atoms with Crippen LogP contribution in [0.5, 0.6) is 0 Å². The second-order valence-electron chi connectivity index (χ2n) is 8.87. The number of nitrogens with zero attached hydrogens (tertiary/aromatic N) is 3. The van der Waals surface area contributed by atoms with Crippen LogP contribution in [-0.4, -0.2) is 67.2 Å². The zero-order valence-corrected chi connectivity index (χ0v) is 21.2. The molecule has 200 valence electrons. The molecule has 0 fully saturated rings. The van der Waals surface area contributed by atoms with Crippen LogP contribution in [0.4, 0.5) is 17.8 Å². The van der Waals surface area contributed by atoms with Crippen LogP contribution in [0.25, 0.3) is 0 Å². The van der Waals surface area contributed by atoms with Gasteiger partial charge in [-0.2, -0.15) is 15.0 Å². The highest BCUT2D eigenvalue weighted by Crippen LogP contribution is 2.22. The van der Waals surface area contributed by atoms with E-state index in [0.717, 1.165) is 25.7 Å². The number of aliphatic hydroxyl groups is 4. The Balaban J connectivity index is 1.81. The molecule has 0 saturated carbocycles. The van der Waals surface area contributed by atoms with Gasteiger partial charge in [0.05, 0.1) is 25.3 Å². The lowest BCUT2D eigenvalue weighted by atomic mass is 10.0. The fourth-order valence-electron chi connectivity index (χ4n) is 3.88. The lowest BCUT2D eigenvalue weighted by Crippen LogP contribution is -2.34. The number of anilines is 3. The van der Waals surface area contributed by atoms with Gasteiger partial charge in [-0.1, -0.05) is 86.8 Å². The van der Waals surface area contributed by atoms with Crippen molar-refractivity contribution < 1.29 is 20.4 Å². The van der Waals surface area contributed by atoms with Gasteiger partial charge in [0.2, 0.25) is 17.8 Å². The molecule has 0 bridgehead atoms. The Labute approximate surface area is 217 Å². The van der Waals surface area contributed by atoms with Crippen molar-refractivity contribution in [3.8, 4) is 0 Å². The van der Waals surface area contributed by atoms with Crippen molar-refractivity contribution in [3.05, 3.63) is 71.8 Å². The lowest BCUT2D eigenvalue weighted by Gasteiger charge is -2.24. The van der Waals surface area contributed by atoms with Gasteiger partial charge < -0.3 is 36.4 Å². The zero-order chi connectivity index (χ0) is 26.5. The topological polar surface area (TPSA) is 156 Å². The molecule has 0 aliphatic rings. The fourth-order valence-corrected chi connectivity index (χ4v) is 3.88. The number of aromatic nitrogens is 3. The number of hydrogen-bond acceptors (Lipinski definition) is 10. The van der Waals surface area contributed by atoms with Crippen LogP contribution < -0.4 is 16.0 Å². The summed E-state index contributed by atoms with van der Waals surface area (Å²) in [7, 11) is 0. The maximum Gasteiger partial charge on any atom is 0.229 e. The summed E-state index contributed by atoms with van der Waals surface area (Å²) >= 11 is 0. The van der Waals surface area contributed by atoms with Gasteiger partial charge in [0.1, 0.15) is 12.2 Å². The molecule has 3 rings (SSSR count). The van der Waals surface area contributed by atoms with E-state index in [1.54, 1.807) is 24.3 Å². The van der Waals surface area contributed by atoms with Crippen LogP contribution in [-0.2, 0) is 0 Å². The molecule has 0 saturated heterocycles. The minimum Gasteiger partial charge on any atom is -0.394 e. The van der Waals surface area contributed by atoms with Crippen LogP contribution in [0.3, 0.4) is 0 Å². The van der Waals surface area contributed by atoms with Crippen LogP contribution in [0.15, 0.2) is 60.7 Å². The van der Waals surface area contributed by atoms with Crippen molar-refractivity contribution in [3.63, 3.8) is 0 Å². The van der Waals surface area contributed by atoms with Crippen molar-refractivity contribution in [1.82, 2.24) is 15.0 Å². The Kier molecular flexibility index (Phi) is 11.5. The second-order valence-corrected chi connectivity index (χ2v) is 8.87. The Hall–Kier alpha value is -3.31. The van der Waals surface area contributed by atoms with Gasteiger partial charge in [-0.05, 0) is 17.5 Å². The minimum absolute atomic E-state index is 0.133. The Morgan fingerprint density at radius 2 is 1.11 bits per heavy atom. The smallest absolute Gasteiger partial charge is 0.229 e. The normalized spacial score (nSPS) is 14.4. The van der Waals surface area contributed by atoms with Crippen molar-refractivity contribution >= 4 is 17.8 Å². The molecular formula is C27H38N6O4. The van der Waals surface area contributed by atoms with Gasteiger partial charge in [-0.25, -0.2) is 0 Å². The number of unbranched alkanes of at least 4 members (excludes halogenated alkanes) is 3. The van der Waals surface area contributed by atoms with Crippen molar-refractivity contribution in [2.24, 2.45) is 0 Å². The average Bonchev–Trinajstić information content (AvgIpc) is 2.94. The van der Waals surface area contributed by atoms with Gasteiger partial charge in [0, 0.05) is 6.54 Å². The predicted octanol–water partition coefficient (Wildman–Crippen LogP) is 2.88. The summed E-state index contributed by atoms with van der Waals surface area (Å²) in [6.07, 6.45) is 2.29. The van der Waals surface area contributed by atoms with E-state index in [1.165, 1.54) is 0 Å². The fraction of sp³-hybridized carbons (Fsp3) is 0.444. The number of hydrogen-bond donors (Lipinski definition) is 7. The van der Waals surface area contributed by atoms with Gasteiger partial charge in [0.25, 0.3) is 0 Å². The molecule has 0 aliphatic heterocycles. The summed E-state index contributed by atoms with van der Waals surface area (Å²) in [6, 6.07) is 16.5. The largest absolute Gasteiger partial charge is 0.394 e. The number of rotatable bonds is 16. The first kappa shape index (κ1) is 28.3. The van der Waals surface area contributed by atoms with E-state index in [4.69, 9.17) is 0 Å². The van der Waals surface area contributed by atoms with Crippen molar-refractivity contribution in [1.29, 1.82) is 0 Å². The third-order valence-corrected chi connectivity index (χ3v) is 6.02. The highest BCUT2D eigenvalue weighted by molar-refractivity contribution is 5.44. The Bertz CT molecular complexity index is 970. The predicted molar refractivity (Wildman–Crippen MR) is 144 cm³/mol. The van der Waals surface area contributed by atoms with Crippen LogP contribution in [0.1, 0.15) is 55.9 Å². The molecule has 1 heterocycles. The van der Waals surface area contributed by atoms with E-state index in [9.17, 15) is 20.4 Å². The van der Waals surface area contributed by atoms with E-state index in [-0.39, 0.29) is 25.1 Å². The summed E-state index contributed by atoms with van der Waals surface area (Å²) in [6.45, 7) is 2.08. The van der Waals surface area contributed by atoms with Crippen LogP contribution >= 0.6 is 0 Å². The summed E-state index contributed by atoms with van der Waals surface area (Å²) in [4.78, 5) is 13.2. The third kappa shape index (κ3) is 8.64. The van der Waals surface area contributed by atoms with Gasteiger partial charge >= 0.3 is 0 Å². The Morgan fingerprint density at radius 3 is 1.54 bits per heavy atom. The maximum absolute atomic E-state index is 10.8. The third-order valence-electron chi connectivity index (χ3n) is 6.02. The molecule has 1 aromatic heterocycles.